The molecule has 1 saturated heterocycles. The van der Waals surface area contributed by atoms with Gasteiger partial charge in [-0.1, -0.05) is 17.7 Å². The smallest absolute Gasteiger partial charge is 0.328 e. The Bertz CT molecular complexity index is 441. The standard InChI is InChI=1S/C14H17NO2/c1-11-3-2-4-13(9-11)15-7-5-12(6-8-15)10-14(16)17/h2-4,9-10H,5-8H2,1H3,(H,16,17). The van der Waals surface area contributed by atoms with Gasteiger partial charge in [0, 0.05) is 24.9 Å². The number of nitrogens with zero attached hydrogens (tertiary/aromatic N) is 1. The summed E-state index contributed by atoms with van der Waals surface area (Å²) in [6.07, 6.45) is 3.05. The summed E-state index contributed by atoms with van der Waals surface area (Å²) in [7, 11) is 0. The SMILES string of the molecule is Cc1cccc(N2CCC(=CC(=O)O)CC2)c1. The van der Waals surface area contributed by atoms with Crippen LogP contribution in [0.25, 0.3) is 0 Å². The molecule has 90 valence electrons. The number of aliphatic carboxylic acids is 1. The van der Waals surface area contributed by atoms with Crippen molar-refractivity contribution in [3.05, 3.63) is 41.5 Å². The first-order valence-corrected chi connectivity index (χ1v) is 5.89. The number of hydrogen-bond donors (Lipinski definition) is 1. The van der Waals surface area contributed by atoms with E-state index in [0.717, 1.165) is 31.5 Å². The fraction of sp³-hybridized carbons (Fsp3) is 0.357. The maximum Gasteiger partial charge on any atom is 0.328 e. The minimum Gasteiger partial charge on any atom is -0.478 e. The van der Waals surface area contributed by atoms with Crippen LogP contribution in [0.1, 0.15) is 18.4 Å². The minimum atomic E-state index is -0.830. The molecule has 0 atom stereocenters. The molecule has 1 aliphatic heterocycles. The van der Waals surface area contributed by atoms with E-state index in [-0.39, 0.29) is 0 Å². The summed E-state index contributed by atoms with van der Waals surface area (Å²) < 4.78 is 0. The molecule has 0 radical (unpaired) electrons. The first kappa shape index (κ1) is 11.7. The second-order valence-electron chi connectivity index (χ2n) is 4.47. The highest BCUT2D eigenvalue weighted by Crippen LogP contribution is 2.23. The van der Waals surface area contributed by atoms with E-state index >= 15 is 0 Å². The highest BCUT2D eigenvalue weighted by atomic mass is 16.4. The van der Waals surface area contributed by atoms with Crippen LogP contribution in [-0.2, 0) is 4.79 Å². The van der Waals surface area contributed by atoms with Gasteiger partial charge in [0.15, 0.2) is 0 Å². The molecule has 0 aromatic heterocycles. The van der Waals surface area contributed by atoms with Crippen LogP contribution in [0.5, 0.6) is 0 Å². The first-order chi connectivity index (χ1) is 8.15. The lowest BCUT2D eigenvalue weighted by Gasteiger charge is -2.30. The fourth-order valence-corrected chi connectivity index (χ4v) is 2.20. The molecule has 0 aliphatic carbocycles. The lowest BCUT2D eigenvalue weighted by atomic mass is 10.0. The van der Waals surface area contributed by atoms with Crippen molar-refractivity contribution in [1.29, 1.82) is 0 Å². The molecule has 2 rings (SSSR count). The van der Waals surface area contributed by atoms with E-state index in [1.807, 2.05) is 0 Å². The third kappa shape index (κ3) is 3.09. The number of aryl methyl sites for hydroxylation is 1. The summed E-state index contributed by atoms with van der Waals surface area (Å²) in [5.74, 6) is -0.830. The van der Waals surface area contributed by atoms with E-state index < -0.39 is 5.97 Å². The van der Waals surface area contributed by atoms with Crippen molar-refractivity contribution in [2.75, 3.05) is 18.0 Å². The van der Waals surface area contributed by atoms with E-state index in [1.165, 1.54) is 17.3 Å². The molecule has 0 amide bonds. The number of carboxylic acids is 1. The van der Waals surface area contributed by atoms with Gasteiger partial charge in [-0.2, -0.15) is 0 Å². The van der Waals surface area contributed by atoms with Crippen molar-refractivity contribution in [3.63, 3.8) is 0 Å². The molecule has 3 heteroatoms. The predicted octanol–water partition coefficient (Wildman–Crippen LogP) is 2.61. The van der Waals surface area contributed by atoms with Gasteiger partial charge in [-0.25, -0.2) is 4.79 Å². The molecule has 1 aromatic carbocycles. The number of anilines is 1. The Labute approximate surface area is 101 Å². The summed E-state index contributed by atoms with van der Waals surface area (Å²) in [5.41, 5.74) is 3.54. The molecule has 1 N–H and O–H groups in total. The molecular weight excluding hydrogens is 214 g/mol. The summed E-state index contributed by atoms with van der Waals surface area (Å²) in [6.45, 7) is 3.90. The zero-order valence-corrected chi connectivity index (χ0v) is 10.0. The second kappa shape index (κ2) is 5.04. The number of piperidine rings is 1. The topological polar surface area (TPSA) is 40.5 Å². The van der Waals surface area contributed by atoms with Gasteiger partial charge in [0.1, 0.15) is 0 Å². The van der Waals surface area contributed by atoms with Crippen LogP contribution in [0.15, 0.2) is 35.9 Å². The third-order valence-corrected chi connectivity index (χ3v) is 3.10. The summed E-state index contributed by atoms with van der Waals surface area (Å²) in [5, 5.41) is 8.70. The highest BCUT2D eigenvalue weighted by molar-refractivity contribution is 5.80. The van der Waals surface area contributed by atoms with Crippen LogP contribution in [0, 0.1) is 6.92 Å². The van der Waals surface area contributed by atoms with Crippen LogP contribution < -0.4 is 4.90 Å². The van der Waals surface area contributed by atoms with E-state index in [9.17, 15) is 4.79 Å². The molecule has 0 saturated carbocycles. The maximum absolute atomic E-state index is 10.6. The Balaban J connectivity index is 2.02. The number of carboxylic acid groups (broad SMARTS) is 1. The average Bonchev–Trinajstić information content (AvgIpc) is 2.29. The number of carbonyl (C=O) groups is 1. The van der Waals surface area contributed by atoms with Crippen molar-refractivity contribution in [1.82, 2.24) is 0 Å². The normalized spacial score (nSPS) is 15.8. The molecule has 1 aromatic rings. The average molecular weight is 231 g/mol. The summed E-state index contributed by atoms with van der Waals surface area (Å²) >= 11 is 0. The summed E-state index contributed by atoms with van der Waals surface area (Å²) in [4.78, 5) is 12.9. The molecule has 0 bridgehead atoms. The van der Waals surface area contributed by atoms with Gasteiger partial charge in [-0.3, -0.25) is 0 Å². The van der Waals surface area contributed by atoms with E-state index in [2.05, 4.69) is 36.1 Å². The Kier molecular flexibility index (Phi) is 3.47. The van der Waals surface area contributed by atoms with E-state index in [0.29, 0.717) is 0 Å². The molecule has 17 heavy (non-hydrogen) atoms. The number of rotatable bonds is 2. The predicted molar refractivity (Wildman–Crippen MR) is 68.3 cm³/mol. The molecule has 0 unspecified atom stereocenters. The van der Waals surface area contributed by atoms with Crippen LogP contribution in [0.3, 0.4) is 0 Å². The van der Waals surface area contributed by atoms with Crippen molar-refractivity contribution >= 4 is 11.7 Å². The molecular formula is C14H17NO2. The minimum absolute atomic E-state index is 0.830. The third-order valence-electron chi connectivity index (χ3n) is 3.10. The number of hydrogen-bond acceptors (Lipinski definition) is 2. The van der Waals surface area contributed by atoms with Crippen molar-refractivity contribution in [2.45, 2.75) is 19.8 Å². The molecule has 3 nitrogen and oxygen atoms in total. The van der Waals surface area contributed by atoms with Crippen molar-refractivity contribution in [3.8, 4) is 0 Å². The zero-order chi connectivity index (χ0) is 12.3. The van der Waals surface area contributed by atoms with Crippen LogP contribution in [0.4, 0.5) is 5.69 Å². The molecule has 1 aliphatic rings. The summed E-state index contributed by atoms with van der Waals surface area (Å²) in [6, 6.07) is 8.43. The van der Waals surface area contributed by atoms with Crippen molar-refractivity contribution < 1.29 is 9.90 Å². The monoisotopic (exact) mass is 231 g/mol. The van der Waals surface area contributed by atoms with E-state index in [4.69, 9.17) is 5.11 Å². The Morgan fingerprint density at radius 2 is 2.06 bits per heavy atom. The van der Waals surface area contributed by atoms with Crippen molar-refractivity contribution in [2.24, 2.45) is 0 Å². The lowest BCUT2D eigenvalue weighted by molar-refractivity contribution is -0.131. The van der Waals surface area contributed by atoms with Gasteiger partial charge in [-0.05, 0) is 37.5 Å². The fourth-order valence-electron chi connectivity index (χ4n) is 2.20. The second-order valence-corrected chi connectivity index (χ2v) is 4.47. The van der Waals surface area contributed by atoms with Crippen LogP contribution >= 0.6 is 0 Å². The van der Waals surface area contributed by atoms with Gasteiger partial charge >= 0.3 is 5.97 Å². The molecule has 1 heterocycles. The van der Waals surface area contributed by atoms with Gasteiger partial charge in [-0.15, -0.1) is 0 Å². The highest BCUT2D eigenvalue weighted by Gasteiger charge is 2.14. The maximum atomic E-state index is 10.6. The molecule has 1 fully saturated rings. The Morgan fingerprint density at radius 3 is 2.65 bits per heavy atom. The van der Waals surface area contributed by atoms with Crippen LogP contribution in [0.2, 0.25) is 0 Å². The van der Waals surface area contributed by atoms with Gasteiger partial charge < -0.3 is 10.0 Å². The number of benzene rings is 1. The molecule has 0 spiro atoms. The quantitative estimate of drug-likeness (QED) is 0.795. The zero-order valence-electron chi connectivity index (χ0n) is 10.0. The van der Waals surface area contributed by atoms with Gasteiger partial charge in [0.05, 0.1) is 0 Å². The van der Waals surface area contributed by atoms with Gasteiger partial charge in [0.25, 0.3) is 0 Å². The lowest BCUT2D eigenvalue weighted by Crippen LogP contribution is -2.30. The Morgan fingerprint density at radius 1 is 1.35 bits per heavy atom. The Hall–Kier alpha value is -1.77. The van der Waals surface area contributed by atoms with Gasteiger partial charge in [0.2, 0.25) is 0 Å². The largest absolute Gasteiger partial charge is 0.478 e. The van der Waals surface area contributed by atoms with Crippen LogP contribution in [-0.4, -0.2) is 24.2 Å². The first-order valence-electron chi connectivity index (χ1n) is 5.89. The van der Waals surface area contributed by atoms with E-state index in [1.54, 1.807) is 0 Å².